The van der Waals surface area contributed by atoms with Gasteiger partial charge in [0.25, 0.3) is 0 Å². The Morgan fingerprint density at radius 1 is 1.44 bits per heavy atom. The maximum Gasteiger partial charge on any atom is 0.140 e. The van der Waals surface area contributed by atoms with Crippen molar-refractivity contribution in [3.63, 3.8) is 0 Å². The van der Waals surface area contributed by atoms with E-state index in [2.05, 4.69) is 21.9 Å². The van der Waals surface area contributed by atoms with Gasteiger partial charge in [0, 0.05) is 19.6 Å². The zero-order valence-corrected chi connectivity index (χ0v) is 10.1. The van der Waals surface area contributed by atoms with Crippen LogP contribution in [0.5, 0.6) is 0 Å². The molecule has 0 spiro atoms. The Kier molecular flexibility index (Phi) is 3.25. The van der Waals surface area contributed by atoms with Crippen molar-refractivity contribution in [3.8, 4) is 0 Å². The molecule has 1 fully saturated rings. The predicted molar refractivity (Wildman–Crippen MR) is 60.8 cm³/mol. The van der Waals surface area contributed by atoms with Crippen molar-refractivity contribution >= 4 is 0 Å². The topological polar surface area (TPSA) is 54.2 Å². The van der Waals surface area contributed by atoms with Crippen molar-refractivity contribution in [2.24, 2.45) is 0 Å². The number of aromatic nitrogens is 3. The average Bonchev–Trinajstić information content (AvgIpc) is 2.68. The highest BCUT2D eigenvalue weighted by Crippen LogP contribution is 2.21. The summed E-state index contributed by atoms with van der Waals surface area (Å²) in [5, 5.41) is 14.0. The number of hydrogen-bond donors (Lipinski definition) is 1. The van der Waals surface area contributed by atoms with Crippen molar-refractivity contribution in [2.75, 3.05) is 13.1 Å². The fourth-order valence-electron chi connectivity index (χ4n) is 2.07. The van der Waals surface area contributed by atoms with Gasteiger partial charge >= 0.3 is 0 Å². The molecule has 5 nitrogen and oxygen atoms in total. The molecule has 0 radical (unpaired) electrons. The molecule has 0 bridgehead atoms. The molecule has 0 amide bonds. The van der Waals surface area contributed by atoms with Crippen LogP contribution in [0.1, 0.15) is 32.5 Å². The second-order valence-electron chi connectivity index (χ2n) is 4.77. The van der Waals surface area contributed by atoms with Gasteiger partial charge in [-0.1, -0.05) is 0 Å². The van der Waals surface area contributed by atoms with Crippen molar-refractivity contribution in [3.05, 3.63) is 12.2 Å². The van der Waals surface area contributed by atoms with E-state index in [0.717, 1.165) is 44.8 Å². The molecule has 1 N–H and O–H groups in total. The highest BCUT2D eigenvalue weighted by atomic mass is 16.3. The Balaban J connectivity index is 1.92. The van der Waals surface area contributed by atoms with Crippen LogP contribution in [0.4, 0.5) is 0 Å². The summed E-state index contributed by atoms with van der Waals surface area (Å²) in [6, 6.07) is 0. The molecule has 5 heteroatoms. The minimum Gasteiger partial charge on any atom is -0.390 e. The maximum absolute atomic E-state index is 9.86. The minimum absolute atomic E-state index is 0.477. The van der Waals surface area contributed by atoms with Crippen LogP contribution < -0.4 is 0 Å². The summed E-state index contributed by atoms with van der Waals surface area (Å²) in [6.45, 7) is 7.55. The Hall–Kier alpha value is -0.940. The van der Waals surface area contributed by atoms with Gasteiger partial charge in [0.2, 0.25) is 0 Å². The summed E-state index contributed by atoms with van der Waals surface area (Å²) in [4.78, 5) is 6.59. The van der Waals surface area contributed by atoms with Gasteiger partial charge in [-0.15, -0.1) is 0 Å². The van der Waals surface area contributed by atoms with E-state index in [1.807, 2.05) is 11.6 Å². The van der Waals surface area contributed by atoms with Gasteiger partial charge in [-0.2, -0.15) is 5.10 Å². The normalized spacial score (nSPS) is 21.2. The highest BCUT2D eigenvalue weighted by Gasteiger charge is 2.27. The molecular weight excluding hydrogens is 204 g/mol. The van der Waals surface area contributed by atoms with Crippen LogP contribution in [-0.2, 0) is 13.1 Å². The number of piperidine rings is 1. The van der Waals surface area contributed by atoms with Crippen LogP contribution in [0.25, 0.3) is 0 Å². The van der Waals surface area contributed by atoms with E-state index in [-0.39, 0.29) is 0 Å². The number of aryl methyl sites for hydroxylation is 1. The predicted octanol–water partition coefficient (Wildman–Crippen LogP) is 0.645. The number of hydrogen-bond acceptors (Lipinski definition) is 4. The van der Waals surface area contributed by atoms with Crippen LogP contribution in [0.15, 0.2) is 6.33 Å². The van der Waals surface area contributed by atoms with Crippen molar-refractivity contribution in [1.29, 1.82) is 0 Å². The highest BCUT2D eigenvalue weighted by molar-refractivity contribution is 4.88. The lowest BCUT2D eigenvalue weighted by Crippen LogP contribution is -2.42. The standard InChI is InChI=1S/C11H20N4O/c1-3-15-10(12-9-13-15)8-14-6-4-11(2,16)5-7-14/h9,16H,3-8H2,1-2H3. The lowest BCUT2D eigenvalue weighted by Gasteiger charge is -2.35. The Labute approximate surface area is 96.1 Å². The van der Waals surface area contributed by atoms with Gasteiger partial charge in [0.1, 0.15) is 12.2 Å². The quantitative estimate of drug-likeness (QED) is 0.819. The van der Waals surface area contributed by atoms with Gasteiger partial charge in [0.05, 0.1) is 12.1 Å². The zero-order chi connectivity index (χ0) is 11.6. The van der Waals surface area contributed by atoms with Gasteiger partial charge < -0.3 is 5.11 Å². The third-order valence-corrected chi connectivity index (χ3v) is 3.29. The van der Waals surface area contributed by atoms with Gasteiger partial charge in [-0.25, -0.2) is 9.67 Å². The van der Waals surface area contributed by atoms with Crippen LogP contribution in [0, 0.1) is 0 Å². The van der Waals surface area contributed by atoms with E-state index in [1.165, 1.54) is 0 Å². The van der Waals surface area contributed by atoms with Crippen molar-refractivity contribution in [2.45, 2.75) is 45.4 Å². The summed E-state index contributed by atoms with van der Waals surface area (Å²) >= 11 is 0. The third kappa shape index (κ3) is 2.59. The molecule has 1 aliphatic heterocycles. The largest absolute Gasteiger partial charge is 0.390 e. The molecule has 0 unspecified atom stereocenters. The number of aliphatic hydroxyl groups is 1. The summed E-state index contributed by atoms with van der Waals surface area (Å²) in [6.07, 6.45) is 3.29. The number of likely N-dealkylation sites (tertiary alicyclic amines) is 1. The molecular formula is C11H20N4O. The maximum atomic E-state index is 9.86. The molecule has 0 saturated carbocycles. The molecule has 0 aliphatic carbocycles. The molecule has 1 aromatic heterocycles. The molecule has 1 aromatic rings. The van der Waals surface area contributed by atoms with Crippen LogP contribution in [0.2, 0.25) is 0 Å². The number of rotatable bonds is 3. The monoisotopic (exact) mass is 224 g/mol. The fraction of sp³-hybridized carbons (Fsp3) is 0.818. The first-order valence-corrected chi connectivity index (χ1v) is 5.92. The van der Waals surface area contributed by atoms with Crippen LogP contribution >= 0.6 is 0 Å². The SMILES string of the molecule is CCn1ncnc1CN1CCC(C)(O)CC1. The number of nitrogens with zero attached hydrogens (tertiary/aromatic N) is 4. The van der Waals surface area contributed by atoms with Crippen LogP contribution in [0.3, 0.4) is 0 Å². The van der Waals surface area contributed by atoms with Crippen LogP contribution in [-0.4, -0.2) is 43.5 Å². The Morgan fingerprint density at radius 3 is 2.75 bits per heavy atom. The Morgan fingerprint density at radius 2 is 2.12 bits per heavy atom. The van der Waals surface area contributed by atoms with E-state index >= 15 is 0 Å². The average molecular weight is 224 g/mol. The first-order chi connectivity index (χ1) is 7.61. The van der Waals surface area contributed by atoms with Gasteiger partial charge in [0.15, 0.2) is 0 Å². The molecule has 2 heterocycles. The summed E-state index contributed by atoms with van der Waals surface area (Å²) in [5.41, 5.74) is -0.477. The van der Waals surface area contributed by atoms with Crippen molar-refractivity contribution < 1.29 is 5.11 Å². The summed E-state index contributed by atoms with van der Waals surface area (Å²) < 4.78 is 1.92. The lowest BCUT2D eigenvalue weighted by atomic mass is 9.94. The summed E-state index contributed by atoms with van der Waals surface area (Å²) in [5.74, 6) is 1.02. The fourth-order valence-corrected chi connectivity index (χ4v) is 2.07. The van der Waals surface area contributed by atoms with Gasteiger partial charge in [-0.3, -0.25) is 4.90 Å². The second-order valence-corrected chi connectivity index (χ2v) is 4.77. The van der Waals surface area contributed by atoms with E-state index in [1.54, 1.807) is 6.33 Å². The molecule has 1 aliphatic rings. The molecule has 0 aromatic carbocycles. The van der Waals surface area contributed by atoms with E-state index in [4.69, 9.17) is 0 Å². The lowest BCUT2D eigenvalue weighted by molar-refractivity contribution is -0.00814. The van der Waals surface area contributed by atoms with E-state index in [0.29, 0.717) is 0 Å². The molecule has 0 atom stereocenters. The molecule has 2 rings (SSSR count). The van der Waals surface area contributed by atoms with E-state index in [9.17, 15) is 5.11 Å². The van der Waals surface area contributed by atoms with Gasteiger partial charge in [-0.05, 0) is 26.7 Å². The molecule has 90 valence electrons. The van der Waals surface area contributed by atoms with E-state index < -0.39 is 5.60 Å². The third-order valence-electron chi connectivity index (χ3n) is 3.29. The summed E-state index contributed by atoms with van der Waals surface area (Å²) in [7, 11) is 0. The zero-order valence-electron chi connectivity index (χ0n) is 10.1. The molecule has 16 heavy (non-hydrogen) atoms. The first-order valence-electron chi connectivity index (χ1n) is 5.92. The molecule has 1 saturated heterocycles. The van der Waals surface area contributed by atoms with Crippen molar-refractivity contribution in [1.82, 2.24) is 19.7 Å². The second kappa shape index (κ2) is 4.51. The minimum atomic E-state index is -0.477. The smallest absolute Gasteiger partial charge is 0.140 e. The first kappa shape index (κ1) is 11.5. The Bertz CT molecular complexity index is 338.